The van der Waals surface area contributed by atoms with E-state index in [0.29, 0.717) is 13.1 Å². The molecule has 0 spiro atoms. The van der Waals surface area contributed by atoms with Crippen LogP contribution in [0.15, 0.2) is 17.8 Å². The van der Waals surface area contributed by atoms with Crippen LogP contribution in [0.1, 0.15) is 0 Å². The van der Waals surface area contributed by atoms with E-state index in [1.807, 2.05) is 11.4 Å². The zero-order chi connectivity index (χ0) is 15.5. The van der Waals surface area contributed by atoms with Crippen LogP contribution < -0.4 is 10.6 Å². The Labute approximate surface area is 132 Å². The summed E-state index contributed by atoms with van der Waals surface area (Å²) < 4.78 is 4.95. The number of hydrogen-bond acceptors (Lipinski definition) is 7. The van der Waals surface area contributed by atoms with E-state index in [2.05, 4.69) is 14.9 Å². The van der Waals surface area contributed by atoms with Crippen LogP contribution in [0.2, 0.25) is 0 Å². The zero-order valence-electron chi connectivity index (χ0n) is 12.4. The van der Waals surface area contributed by atoms with Gasteiger partial charge in [-0.05, 0) is 11.4 Å². The molecule has 1 amide bonds. The lowest BCUT2D eigenvalue weighted by Gasteiger charge is -2.36. The maximum Gasteiger partial charge on any atom is 0.241 e. The Balaban J connectivity index is 1.67. The van der Waals surface area contributed by atoms with Gasteiger partial charge in [0.2, 0.25) is 5.91 Å². The summed E-state index contributed by atoms with van der Waals surface area (Å²) in [5.41, 5.74) is 5.82. The molecule has 0 aliphatic carbocycles. The van der Waals surface area contributed by atoms with E-state index in [0.717, 1.165) is 29.1 Å². The molecule has 1 unspecified atom stereocenters. The number of aromatic nitrogens is 2. The number of methoxy groups -OCH3 is 1. The van der Waals surface area contributed by atoms with Crippen LogP contribution in [0.4, 0.5) is 5.82 Å². The molecule has 2 aromatic heterocycles. The van der Waals surface area contributed by atoms with Crippen molar-refractivity contribution in [2.24, 2.45) is 5.73 Å². The number of ether oxygens (including phenoxy) is 1. The molecule has 22 heavy (non-hydrogen) atoms. The molecule has 1 atom stereocenters. The lowest BCUT2D eigenvalue weighted by Crippen LogP contribution is -2.54. The van der Waals surface area contributed by atoms with Gasteiger partial charge in [0, 0.05) is 33.3 Å². The van der Waals surface area contributed by atoms with Crippen molar-refractivity contribution in [2.75, 3.05) is 44.8 Å². The predicted molar refractivity (Wildman–Crippen MR) is 86.1 cm³/mol. The predicted octanol–water partition coefficient (Wildman–Crippen LogP) is 0.314. The molecule has 8 heteroatoms. The summed E-state index contributed by atoms with van der Waals surface area (Å²) in [6.07, 6.45) is 1.60. The highest BCUT2D eigenvalue weighted by Crippen LogP contribution is 2.27. The summed E-state index contributed by atoms with van der Waals surface area (Å²) >= 11 is 1.61. The average molecular weight is 321 g/mol. The summed E-state index contributed by atoms with van der Waals surface area (Å²) in [5.74, 6) is 0.893. The van der Waals surface area contributed by atoms with E-state index in [1.54, 1.807) is 29.7 Å². The first-order valence-electron chi connectivity index (χ1n) is 7.17. The minimum atomic E-state index is -0.584. The highest BCUT2D eigenvalue weighted by molar-refractivity contribution is 7.16. The molecule has 0 aromatic carbocycles. The van der Waals surface area contributed by atoms with E-state index in [-0.39, 0.29) is 12.5 Å². The lowest BCUT2D eigenvalue weighted by molar-refractivity contribution is -0.134. The van der Waals surface area contributed by atoms with Crippen molar-refractivity contribution in [1.82, 2.24) is 14.9 Å². The summed E-state index contributed by atoms with van der Waals surface area (Å²) in [6, 6.07) is 1.46. The largest absolute Gasteiger partial charge is 0.383 e. The maximum absolute atomic E-state index is 12.2. The SMILES string of the molecule is COCC(N)C(=O)N1CCN(c2ncnc3sccc23)CC1. The summed E-state index contributed by atoms with van der Waals surface area (Å²) in [5, 5.41) is 3.09. The monoisotopic (exact) mass is 321 g/mol. The molecule has 1 aliphatic rings. The number of anilines is 1. The van der Waals surface area contributed by atoms with Gasteiger partial charge in [-0.1, -0.05) is 0 Å². The van der Waals surface area contributed by atoms with Gasteiger partial charge in [0.1, 0.15) is 23.0 Å². The van der Waals surface area contributed by atoms with Crippen molar-refractivity contribution < 1.29 is 9.53 Å². The fourth-order valence-corrected chi connectivity index (χ4v) is 3.38. The van der Waals surface area contributed by atoms with Gasteiger partial charge in [0.15, 0.2) is 0 Å². The molecule has 0 bridgehead atoms. The molecular weight excluding hydrogens is 302 g/mol. The number of amides is 1. The quantitative estimate of drug-likeness (QED) is 0.873. The zero-order valence-corrected chi connectivity index (χ0v) is 13.3. The van der Waals surface area contributed by atoms with Crippen molar-refractivity contribution >= 4 is 33.3 Å². The normalized spacial score (nSPS) is 17.0. The number of nitrogens with zero attached hydrogens (tertiary/aromatic N) is 4. The van der Waals surface area contributed by atoms with Crippen molar-refractivity contribution in [3.8, 4) is 0 Å². The van der Waals surface area contributed by atoms with Crippen LogP contribution in [-0.2, 0) is 9.53 Å². The first-order valence-corrected chi connectivity index (χ1v) is 8.05. The van der Waals surface area contributed by atoms with Gasteiger partial charge in [0.05, 0.1) is 12.0 Å². The standard InChI is InChI=1S/C14H19N5O2S/c1-21-8-11(15)14(20)19-5-3-18(4-6-19)12-10-2-7-22-13(10)17-9-16-12/h2,7,9,11H,3-6,8,15H2,1H3. The highest BCUT2D eigenvalue weighted by Gasteiger charge is 2.26. The molecule has 118 valence electrons. The third-order valence-corrected chi connectivity index (χ3v) is 4.62. The van der Waals surface area contributed by atoms with E-state index in [9.17, 15) is 4.79 Å². The third kappa shape index (κ3) is 2.90. The Morgan fingerprint density at radius 3 is 2.91 bits per heavy atom. The molecule has 3 rings (SSSR count). The van der Waals surface area contributed by atoms with Crippen LogP contribution >= 0.6 is 11.3 Å². The van der Waals surface area contributed by atoms with E-state index in [4.69, 9.17) is 10.5 Å². The molecule has 0 saturated carbocycles. The van der Waals surface area contributed by atoms with E-state index >= 15 is 0 Å². The molecule has 0 radical (unpaired) electrons. The average Bonchev–Trinajstić information content (AvgIpc) is 3.03. The number of piperazine rings is 1. The second-order valence-electron chi connectivity index (χ2n) is 5.21. The smallest absolute Gasteiger partial charge is 0.241 e. The van der Waals surface area contributed by atoms with Crippen molar-refractivity contribution in [3.63, 3.8) is 0 Å². The van der Waals surface area contributed by atoms with Crippen LogP contribution in [0, 0.1) is 0 Å². The fourth-order valence-electron chi connectivity index (χ4n) is 2.65. The highest BCUT2D eigenvalue weighted by atomic mass is 32.1. The Morgan fingerprint density at radius 1 is 1.41 bits per heavy atom. The number of fused-ring (bicyclic) bond motifs is 1. The van der Waals surface area contributed by atoms with Gasteiger partial charge >= 0.3 is 0 Å². The molecule has 2 aromatic rings. The number of hydrogen-bond donors (Lipinski definition) is 1. The molecular formula is C14H19N5O2S. The Morgan fingerprint density at radius 2 is 2.18 bits per heavy atom. The number of carbonyl (C=O) groups excluding carboxylic acids is 1. The lowest BCUT2D eigenvalue weighted by atomic mass is 10.2. The minimum Gasteiger partial charge on any atom is -0.383 e. The van der Waals surface area contributed by atoms with Gasteiger partial charge in [-0.25, -0.2) is 9.97 Å². The first-order chi connectivity index (χ1) is 10.7. The molecule has 2 N–H and O–H groups in total. The summed E-state index contributed by atoms with van der Waals surface area (Å²) in [7, 11) is 1.55. The topological polar surface area (TPSA) is 84.6 Å². The van der Waals surface area contributed by atoms with Gasteiger partial charge < -0.3 is 20.3 Å². The number of rotatable bonds is 4. The second kappa shape index (κ2) is 6.55. The fraction of sp³-hybridized carbons (Fsp3) is 0.500. The summed E-state index contributed by atoms with van der Waals surface area (Å²) in [4.78, 5) is 25.8. The molecule has 7 nitrogen and oxygen atoms in total. The second-order valence-corrected chi connectivity index (χ2v) is 6.11. The number of thiophene rings is 1. The van der Waals surface area contributed by atoms with Crippen LogP contribution in [0.3, 0.4) is 0 Å². The maximum atomic E-state index is 12.2. The number of nitrogens with two attached hydrogens (primary N) is 1. The van der Waals surface area contributed by atoms with Gasteiger partial charge in [0.25, 0.3) is 0 Å². The molecule has 1 saturated heterocycles. The van der Waals surface area contributed by atoms with Crippen molar-refractivity contribution in [2.45, 2.75) is 6.04 Å². The van der Waals surface area contributed by atoms with Crippen molar-refractivity contribution in [1.29, 1.82) is 0 Å². The Bertz CT molecular complexity index is 653. The molecule has 1 fully saturated rings. The van der Waals surface area contributed by atoms with E-state index in [1.165, 1.54) is 0 Å². The van der Waals surface area contributed by atoms with E-state index < -0.39 is 6.04 Å². The van der Waals surface area contributed by atoms with Gasteiger partial charge in [-0.3, -0.25) is 4.79 Å². The Hall–Kier alpha value is -1.77. The third-order valence-electron chi connectivity index (χ3n) is 3.80. The van der Waals surface area contributed by atoms with Crippen molar-refractivity contribution in [3.05, 3.63) is 17.8 Å². The van der Waals surface area contributed by atoms with Gasteiger partial charge in [-0.2, -0.15) is 0 Å². The van der Waals surface area contributed by atoms with Crippen LogP contribution in [0.5, 0.6) is 0 Å². The summed E-state index contributed by atoms with van der Waals surface area (Å²) in [6.45, 7) is 3.03. The molecule has 1 aliphatic heterocycles. The van der Waals surface area contributed by atoms with Gasteiger partial charge in [-0.15, -0.1) is 11.3 Å². The van der Waals surface area contributed by atoms with Crippen LogP contribution in [0.25, 0.3) is 10.2 Å². The first kappa shape index (κ1) is 15.1. The van der Waals surface area contributed by atoms with Crippen LogP contribution in [-0.4, -0.2) is 66.7 Å². The number of carbonyl (C=O) groups is 1. The Kier molecular flexibility index (Phi) is 4.51. The molecule has 3 heterocycles. The minimum absolute atomic E-state index is 0.0510.